The zero-order chi connectivity index (χ0) is 20.8. The molecule has 4 N–H and O–H groups in total. The van der Waals surface area contributed by atoms with Crippen LogP contribution >= 0.6 is 0 Å². The molecule has 0 aromatic rings. The molecule has 6 heteroatoms. The summed E-state index contributed by atoms with van der Waals surface area (Å²) in [6.07, 6.45) is 13.6. The zero-order valence-corrected chi connectivity index (χ0v) is 17.1. The summed E-state index contributed by atoms with van der Waals surface area (Å²) in [5.74, 6) is -1.14. The maximum Gasteiger partial charge on any atom is 0.303 e. The third kappa shape index (κ3) is 8.43. The number of aliphatic hydroxyl groups excluding tert-OH is 2. The molecule has 0 heterocycles. The van der Waals surface area contributed by atoms with Crippen molar-refractivity contribution in [1.29, 1.82) is 0 Å². The smallest absolute Gasteiger partial charge is 0.303 e. The van der Waals surface area contributed by atoms with Crippen molar-refractivity contribution in [3.63, 3.8) is 0 Å². The topological polar surface area (TPSA) is 107 Å². The van der Waals surface area contributed by atoms with Crippen LogP contribution in [-0.4, -0.2) is 57.4 Å². The second-order valence-electron chi connectivity index (χ2n) is 7.56. The first-order valence-corrected chi connectivity index (χ1v) is 10.6. The van der Waals surface area contributed by atoms with Gasteiger partial charge in [-0.2, -0.15) is 0 Å². The normalized spacial score (nSPS) is 27.9. The first kappa shape index (κ1) is 24.8. The van der Waals surface area contributed by atoms with E-state index in [1.165, 1.54) is 0 Å². The molecule has 0 radical (unpaired) electrons. The Morgan fingerprint density at radius 1 is 1.11 bits per heavy atom. The van der Waals surface area contributed by atoms with E-state index in [2.05, 4.69) is 0 Å². The van der Waals surface area contributed by atoms with Crippen LogP contribution in [0.3, 0.4) is 0 Å². The second kappa shape index (κ2) is 13.9. The molecule has 0 aromatic heterocycles. The van der Waals surface area contributed by atoms with Gasteiger partial charge in [0.1, 0.15) is 5.60 Å². The molecule has 0 amide bonds. The number of aliphatic hydroxyl groups is 3. The van der Waals surface area contributed by atoms with Crippen LogP contribution in [0.2, 0.25) is 0 Å². The van der Waals surface area contributed by atoms with Crippen molar-refractivity contribution in [2.24, 2.45) is 5.92 Å². The van der Waals surface area contributed by atoms with E-state index < -0.39 is 23.8 Å². The highest BCUT2D eigenvalue weighted by Crippen LogP contribution is 2.41. The highest BCUT2D eigenvalue weighted by molar-refractivity contribution is 5.66. The van der Waals surface area contributed by atoms with Crippen molar-refractivity contribution >= 4 is 5.97 Å². The molecule has 1 unspecified atom stereocenters. The van der Waals surface area contributed by atoms with Crippen LogP contribution in [0.4, 0.5) is 0 Å². The molecule has 1 aliphatic rings. The average Bonchev–Trinajstić information content (AvgIpc) is 2.88. The number of rotatable bonds is 15. The van der Waals surface area contributed by atoms with Gasteiger partial charge in [0.2, 0.25) is 0 Å². The zero-order valence-electron chi connectivity index (χ0n) is 17.1. The Labute approximate surface area is 168 Å². The monoisotopic (exact) mass is 398 g/mol. The van der Waals surface area contributed by atoms with Crippen LogP contribution in [0.5, 0.6) is 0 Å². The summed E-state index contributed by atoms with van der Waals surface area (Å²) in [7, 11) is 0. The van der Waals surface area contributed by atoms with Gasteiger partial charge in [-0.05, 0) is 45.4 Å². The Kier molecular flexibility index (Phi) is 12.3. The minimum atomic E-state index is -1.20. The third-order valence-electron chi connectivity index (χ3n) is 5.38. The lowest BCUT2D eigenvalue weighted by atomic mass is 9.85. The SMILES string of the molecule is CCO[C@@H]1C[C@H](O)C(C/C=C\CCCC(=O)O)[C@@]1(O)/C=C/CCCCCCO. The summed E-state index contributed by atoms with van der Waals surface area (Å²) in [4.78, 5) is 10.5. The second-order valence-corrected chi connectivity index (χ2v) is 7.56. The van der Waals surface area contributed by atoms with E-state index in [0.29, 0.717) is 32.3 Å². The predicted molar refractivity (Wildman–Crippen MR) is 109 cm³/mol. The van der Waals surface area contributed by atoms with Crippen LogP contribution in [0.15, 0.2) is 24.3 Å². The van der Waals surface area contributed by atoms with Crippen molar-refractivity contribution in [3.8, 4) is 0 Å². The van der Waals surface area contributed by atoms with Gasteiger partial charge in [-0.1, -0.05) is 37.1 Å². The molecule has 0 aliphatic heterocycles. The molecule has 4 atom stereocenters. The fourth-order valence-electron chi connectivity index (χ4n) is 3.83. The van der Waals surface area contributed by atoms with Gasteiger partial charge in [0.05, 0.1) is 12.2 Å². The predicted octanol–water partition coefficient (Wildman–Crippen LogP) is 3.20. The van der Waals surface area contributed by atoms with Gasteiger partial charge >= 0.3 is 5.97 Å². The number of hydrogen-bond acceptors (Lipinski definition) is 5. The van der Waals surface area contributed by atoms with Crippen molar-refractivity contribution < 1.29 is 30.0 Å². The van der Waals surface area contributed by atoms with Gasteiger partial charge in [0.15, 0.2) is 0 Å². The lowest BCUT2D eigenvalue weighted by Crippen LogP contribution is -2.43. The van der Waals surface area contributed by atoms with Crippen LogP contribution in [0, 0.1) is 5.92 Å². The van der Waals surface area contributed by atoms with Crippen molar-refractivity contribution in [1.82, 2.24) is 0 Å². The maximum atomic E-state index is 11.3. The standard InChI is InChI=1S/C22H38O6/c1-2-28-20-17-19(24)18(13-9-5-6-10-14-21(25)26)22(20,27)15-11-7-3-4-8-12-16-23/h5,9,11,15,18-20,23-24,27H,2-4,6-8,10,12-14,16-17H2,1H3,(H,25,26)/b9-5-,15-11+/t18?,19-,20+,22-/m0/s1. The lowest BCUT2D eigenvalue weighted by molar-refractivity contribution is -0.137. The molecule has 0 bridgehead atoms. The molecule has 0 saturated heterocycles. The molecule has 162 valence electrons. The molecule has 28 heavy (non-hydrogen) atoms. The van der Waals surface area contributed by atoms with Crippen LogP contribution < -0.4 is 0 Å². The van der Waals surface area contributed by atoms with Crippen LogP contribution in [0.25, 0.3) is 0 Å². The summed E-state index contributed by atoms with van der Waals surface area (Å²) in [5, 5.41) is 39.3. The Balaban J connectivity index is 2.62. The third-order valence-corrected chi connectivity index (χ3v) is 5.38. The van der Waals surface area contributed by atoms with Crippen molar-refractivity contribution in [3.05, 3.63) is 24.3 Å². The minimum absolute atomic E-state index is 0.147. The Hall–Kier alpha value is -1.21. The number of carboxylic acids is 1. The largest absolute Gasteiger partial charge is 0.481 e. The van der Waals surface area contributed by atoms with Gasteiger partial charge < -0.3 is 25.2 Å². The van der Waals surface area contributed by atoms with Gasteiger partial charge in [-0.25, -0.2) is 0 Å². The highest BCUT2D eigenvalue weighted by atomic mass is 16.5. The van der Waals surface area contributed by atoms with Crippen molar-refractivity contribution in [2.75, 3.05) is 13.2 Å². The lowest BCUT2D eigenvalue weighted by Gasteiger charge is -2.32. The molecule has 1 rings (SSSR count). The van der Waals surface area contributed by atoms with Gasteiger partial charge in [0.25, 0.3) is 0 Å². The van der Waals surface area contributed by atoms with Gasteiger partial charge in [-0.3, -0.25) is 4.79 Å². The first-order valence-electron chi connectivity index (χ1n) is 10.6. The molecule has 0 spiro atoms. The summed E-state index contributed by atoms with van der Waals surface area (Å²) in [6.45, 7) is 2.59. The summed E-state index contributed by atoms with van der Waals surface area (Å²) in [5.41, 5.74) is -1.20. The molecule has 1 aliphatic carbocycles. The van der Waals surface area contributed by atoms with Crippen LogP contribution in [-0.2, 0) is 9.53 Å². The number of carbonyl (C=O) groups is 1. The number of carboxylic acid groups (broad SMARTS) is 1. The highest BCUT2D eigenvalue weighted by Gasteiger charge is 2.52. The Morgan fingerprint density at radius 2 is 1.82 bits per heavy atom. The van der Waals surface area contributed by atoms with Gasteiger partial charge in [0, 0.05) is 32.0 Å². The Morgan fingerprint density at radius 3 is 2.50 bits per heavy atom. The maximum absolute atomic E-state index is 11.3. The molecule has 1 saturated carbocycles. The van der Waals surface area contributed by atoms with Crippen molar-refractivity contribution in [2.45, 2.75) is 88.9 Å². The number of aliphatic carboxylic acids is 1. The van der Waals surface area contributed by atoms with E-state index in [4.69, 9.17) is 14.9 Å². The van der Waals surface area contributed by atoms with E-state index in [-0.39, 0.29) is 18.9 Å². The summed E-state index contributed by atoms with van der Waals surface area (Å²) < 4.78 is 5.72. The molecule has 0 aromatic carbocycles. The number of unbranched alkanes of at least 4 members (excludes halogenated alkanes) is 5. The first-order chi connectivity index (χ1) is 13.5. The molecular weight excluding hydrogens is 360 g/mol. The molecule has 1 fully saturated rings. The quantitative estimate of drug-likeness (QED) is 0.249. The van der Waals surface area contributed by atoms with Gasteiger partial charge in [-0.15, -0.1) is 0 Å². The van der Waals surface area contributed by atoms with E-state index in [1.807, 2.05) is 25.2 Å². The number of allylic oxidation sites excluding steroid dienone is 3. The van der Waals surface area contributed by atoms with E-state index in [1.54, 1.807) is 6.08 Å². The van der Waals surface area contributed by atoms with E-state index >= 15 is 0 Å². The minimum Gasteiger partial charge on any atom is -0.481 e. The molecule has 6 nitrogen and oxygen atoms in total. The van der Waals surface area contributed by atoms with E-state index in [0.717, 1.165) is 32.1 Å². The van der Waals surface area contributed by atoms with E-state index in [9.17, 15) is 15.0 Å². The Bertz CT molecular complexity index is 489. The number of hydrogen-bond donors (Lipinski definition) is 4. The van der Waals surface area contributed by atoms with Crippen LogP contribution in [0.1, 0.15) is 71.1 Å². The average molecular weight is 399 g/mol. The number of ether oxygens (including phenoxy) is 1. The summed E-state index contributed by atoms with van der Waals surface area (Å²) in [6, 6.07) is 0. The fraction of sp³-hybridized carbons (Fsp3) is 0.773. The fourth-order valence-corrected chi connectivity index (χ4v) is 3.83. The molecular formula is C22H38O6. The summed E-state index contributed by atoms with van der Waals surface area (Å²) >= 11 is 0.